The first-order valence-electron chi connectivity index (χ1n) is 6.54. The van der Waals surface area contributed by atoms with Gasteiger partial charge in [-0.05, 0) is 36.8 Å². The maximum atomic E-state index is 11.2. The zero-order valence-electron chi connectivity index (χ0n) is 12.1. The fraction of sp³-hybridized carbons (Fsp3) is 0.235. The molecule has 0 bridgehead atoms. The molecule has 0 amide bonds. The van der Waals surface area contributed by atoms with Crippen molar-refractivity contribution in [1.29, 1.82) is 0 Å². The second-order valence-corrected chi connectivity index (χ2v) is 4.89. The Balaban J connectivity index is 2.23. The van der Waals surface area contributed by atoms with E-state index in [0.717, 1.165) is 41.0 Å². The highest BCUT2D eigenvalue weighted by molar-refractivity contribution is 5.84. The van der Waals surface area contributed by atoms with Gasteiger partial charge in [0.2, 0.25) is 0 Å². The summed E-state index contributed by atoms with van der Waals surface area (Å²) in [6, 6.07) is 13.9. The molecule has 2 aromatic rings. The van der Waals surface area contributed by atoms with Crippen molar-refractivity contribution in [2.24, 2.45) is 0 Å². The number of carbonyl (C=O) groups is 1. The van der Waals surface area contributed by atoms with Crippen molar-refractivity contribution >= 4 is 12.0 Å². The first-order valence-corrected chi connectivity index (χ1v) is 6.54. The van der Waals surface area contributed by atoms with E-state index < -0.39 is 0 Å². The Hall–Kier alpha value is -2.29. The van der Waals surface area contributed by atoms with Crippen molar-refractivity contribution in [1.82, 2.24) is 0 Å². The van der Waals surface area contributed by atoms with Crippen LogP contribution in [-0.2, 0) is 6.54 Å². The highest BCUT2D eigenvalue weighted by Crippen LogP contribution is 2.22. The second-order valence-electron chi connectivity index (χ2n) is 4.89. The summed E-state index contributed by atoms with van der Waals surface area (Å²) in [5.74, 6) is 0.843. The summed E-state index contributed by atoms with van der Waals surface area (Å²) in [5, 5.41) is 0. The van der Waals surface area contributed by atoms with Gasteiger partial charge in [-0.15, -0.1) is 0 Å². The Morgan fingerprint density at radius 2 is 2.00 bits per heavy atom. The molecule has 0 fully saturated rings. The number of aryl methyl sites for hydroxylation is 1. The summed E-state index contributed by atoms with van der Waals surface area (Å²) < 4.78 is 5.23. The van der Waals surface area contributed by atoms with E-state index in [2.05, 4.69) is 4.90 Å². The largest absolute Gasteiger partial charge is 0.497 e. The lowest BCUT2D eigenvalue weighted by Gasteiger charge is -2.21. The van der Waals surface area contributed by atoms with Gasteiger partial charge in [-0.1, -0.05) is 23.8 Å². The fourth-order valence-corrected chi connectivity index (χ4v) is 2.25. The van der Waals surface area contributed by atoms with Gasteiger partial charge in [0.25, 0.3) is 0 Å². The number of hydrogen-bond acceptors (Lipinski definition) is 3. The van der Waals surface area contributed by atoms with E-state index in [4.69, 9.17) is 4.74 Å². The molecule has 0 atom stereocenters. The number of rotatable bonds is 5. The predicted octanol–water partition coefficient (Wildman–Crippen LogP) is 3.45. The normalized spacial score (nSPS) is 10.2. The Labute approximate surface area is 119 Å². The number of methoxy groups -OCH3 is 1. The summed E-state index contributed by atoms with van der Waals surface area (Å²) in [4.78, 5) is 13.3. The van der Waals surface area contributed by atoms with E-state index in [9.17, 15) is 4.79 Å². The molecule has 2 aromatic carbocycles. The molecule has 2 rings (SSSR count). The minimum Gasteiger partial charge on any atom is -0.497 e. The second kappa shape index (κ2) is 6.24. The van der Waals surface area contributed by atoms with Crippen LogP contribution in [-0.4, -0.2) is 20.4 Å². The molecule has 0 aromatic heterocycles. The van der Waals surface area contributed by atoms with Crippen LogP contribution in [0.3, 0.4) is 0 Å². The average molecular weight is 269 g/mol. The van der Waals surface area contributed by atoms with E-state index in [1.807, 2.05) is 56.4 Å². The van der Waals surface area contributed by atoms with Crippen molar-refractivity contribution < 1.29 is 9.53 Å². The van der Waals surface area contributed by atoms with Crippen molar-refractivity contribution in [3.8, 4) is 5.75 Å². The van der Waals surface area contributed by atoms with Crippen LogP contribution in [0.25, 0.3) is 0 Å². The molecule has 0 aliphatic rings. The van der Waals surface area contributed by atoms with Gasteiger partial charge in [0, 0.05) is 24.8 Å². The maximum Gasteiger partial charge on any atom is 0.152 e. The van der Waals surface area contributed by atoms with E-state index in [1.54, 1.807) is 7.11 Å². The zero-order chi connectivity index (χ0) is 14.5. The number of carbonyl (C=O) groups excluding carboxylic acids is 1. The molecule has 0 spiro atoms. The van der Waals surface area contributed by atoms with Gasteiger partial charge < -0.3 is 9.64 Å². The maximum absolute atomic E-state index is 11.2. The lowest BCUT2D eigenvalue weighted by atomic mass is 10.1. The first-order chi connectivity index (χ1) is 9.63. The molecule has 0 aliphatic heterocycles. The number of anilines is 1. The third-order valence-electron chi connectivity index (χ3n) is 3.28. The molecule has 0 unspecified atom stereocenters. The molecule has 0 saturated carbocycles. The van der Waals surface area contributed by atoms with E-state index in [1.165, 1.54) is 0 Å². The SMILES string of the molecule is COc1cccc(CN(C)c2ccc(C)cc2C=O)c1. The molecule has 104 valence electrons. The predicted molar refractivity (Wildman–Crippen MR) is 81.7 cm³/mol. The average Bonchev–Trinajstić information content (AvgIpc) is 2.47. The minimum atomic E-state index is 0.718. The summed E-state index contributed by atoms with van der Waals surface area (Å²) in [7, 11) is 3.64. The van der Waals surface area contributed by atoms with Gasteiger partial charge in [-0.2, -0.15) is 0 Å². The molecule has 3 heteroatoms. The lowest BCUT2D eigenvalue weighted by Crippen LogP contribution is -2.18. The lowest BCUT2D eigenvalue weighted by molar-refractivity contribution is 0.112. The van der Waals surface area contributed by atoms with Crippen LogP contribution in [0.15, 0.2) is 42.5 Å². The third-order valence-corrected chi connectivity index (χ3v) is 3.28. The van der Waals surface area contributed by atoms with Crippen LogP contribution in [0.5, 0.6) is 5.75 Å². The highest BCUT2D eigenvalue weighted by Gasteiger charge is 2.08. The Bertz CT molecular complexity index is 608. The van der Waals surface area contributed by atoms with Crippen molar-refractivity contribution in [2.75, 3.05) is 19.1 Å². The number of hydrogen-bond donors (Lipinski definition) is 0. The Morgan fingerprint density at radius 1 is 1.20 bits per heavy atom. The van der Waals surface area contributed by atoms with E-state index >= 15 is 0 Å². The van der Waals surface area contributed by atoms with Gasteiger partial charge in [0.1, 0.15) is 5.75 Å². The number of nitrogens with zero attached hydrogens (tertiary/aromatic N) is 1. The van der Waals surface area contributed by atoms with Crippen molar-refractivity contribution in [3.63, 3.8) is 0 Å². The summed E-state index contributed by atoms with van der Waals surface area (Å²) >= 11 is 0. The molecule has 0 heterocycles. The van der Waals surface area contributed by atoms with Crippen LogP contribution in [0.2, 0.25) is 0 Å². The minimum absolute atomic E-state index is 0.718. The number of aldehydes is 1. The van der Waals surface area contributed by atoms with Crippen LogP contribution >= 0.6 is 0 Å². The van der Waals surface area contributed by atoms with Gasteiger partial charge in [-0.25, -0.2) is 0 Å². The molecule has 20 heavy (non-hydrogen) atoms. The van der Waals surface area contributed by atoms with Gasteiger partial charge >= 0.3 is 0 Å². The molecule has 0 aliphatic carbocycles. The topological polar surface area (TPSA) is 29.5 Å². The van der Waals surface area contributed by atoms with Crippen LogP contribution in [0, 0.1) is 6.92 Å². The standard InChI is InChI=1S/C17H19NO2/c1-13-7-8-17(15(9-13)12-19)18(2)11-14-5-4-6-16(10-14)20-3/h4-10,12H,11H2,1-3H3. The third kappa shape index (κ3) is 3.18. The smallest absolute Gasteiger partial charge is 0.152 e. The quantitative estimate of drug-likeness (QED) is 0.779. The van der Waals surface area contributed by atoms with E-state index in [-0.39, 0.29) is 0 Å². The van der Waals surface area contributed by atoms with Gasteiger partial charge in [0.15, 0.2) is 6.29 Å². The van der Waals surface area contributed by atoms with Crippen LogP contribution < -0.4 is 9.64 Å². The van der Waals surface area contributed by atoms with Crippen molar-refractivity contribution in [3.05, 3.63) is 59.2 Å². The van der Waals surface area contributed by atoms with Crippen LogP contribution in [0.1, 0.15) is 21.5 Å². The zero-order valence-corrected chi connectivity index (χ0v) is 12.1. The molecule has 0 radical (unpaired) electrons. The van der Waals surface area contributed by atoms with Crippen LogP contribution in [0.4, 0.5) is 5.69 Å². The highest BCUT2D eigenvalue weighted by atomic mass is 16.5. The molecule has 0 saturated heterocycles. The summed E-state index contributed by atoms with van der Waals surface area (Å²) in [6.07, 6.45) is 0.907. The molecular weight excluding hydrogens is 250 g/mol. The van der Waals surface area contributed by atoms with Crippen molar-refractivity contribution in [2.45, 2.75) is 13.5 Å². The number of ether oxygens (including phenoxy) is 1. The summed E-state index contributed by atoms with van der Waals surface area (Å²) in [5.41, 5.74) is 3.89. The van der Waals surface area contributed by atoms with Gasteiger partial charge in [0.05, 0.1) is 7.11 Å². The summed E-state index contributed by atoms with van der Waals surface area (Å²) in [6.45, 7) is 2.71. The first kappa shape index (κ1) is 14.1. The Morgan fingerprint density at radius 3 is 2.70 bits per heavy atom. The number of benzene rings is 2. The Kier molecular flexibility index (Phi) is 4.41. The monoisotopic (exact) mass is 269 g/mol. The molecular formula is C17H19NO2. The van der Waals surface area contributed by atoms with E-state index in [0.29, 0.717) is 0 Å². The molecule has 3 nitrogen and oxygen atoms in total. The molecule has 0 N–H and O–H groups in total. The van der Waals surface area contributed by atoms with Gasteiger partial charge in [-0.3, -0.25) is 4.79 Å². The fourth-order valence-electron chi connectivity index (χ4n) is 2.25.